The van der Waals surface area contributed by atoms with E-state index in [4.69, 9.17) is 23.1 Å². The summed E-state index contributed by atoms with van der Waals surface area (Å²) in [6, 6.07) is 10.9. The zero-order valence-electron chi connectivity index (χ0n) is 17.7. The van der Waals surface area contributed by atoms with Gasteiger partial charge in [-0.2, -0.15) is 0 Å². The fourth-order valence-electron chi connectivity index (χ4n) is 2.80. The van der Waals surface area contributed by atoms with Gasteiger partial charge in [-0.25, -0.2) is 0 Å². The van der Waals surface area contributed by atoms with Crippen LogP contribution in [0.15, 0.2) is 42.6 Å². The maximum Gasteiger partial charge on any atom is 0.161 e. The van der Waals surface area contributed by atoms with Crippen molar-refractivity contribution in [2.75, 3.05) is 28.4 Å². The molecule has 5 nitrogen and oxygen atoms in total. The van der Waals surface area contributed by atoms with Crippen LogP contribution >= 0.6 is 12.4 Å². The Morgan fingerprint density at radius 1 is 0.846 bits per heavy atom. The van der Waals surface area contributed by atoms with E-state index in [9.17, 15) is 0 Å². The predicted octanol–water partition coefficient (Wildman–Crippen LogP) is 4.28. The number of fused-ring (bicyclic) bond motifs is 1. The van der Waals surface area contributed by atoms with Crippen LogP contribution in [0.1, 0.15) is 15.4 Å². The molecule has 0 N–H and O–H groups in total. The van der Waals surface area contributed by atoms with Crippen LogP contribution < -0.4 is 18.9 Å². The van der Waals surface area contributed by atoms with E-state index in [1.807, 2.05) is 18.2 Å². The molecule has 0 amide bonds. The van der Waals surface area contributed by atoms with Crippen molar-refractivity contribution in [3.05, 3.63) is 53.9 Å². The van der Waals surface area contributed by atoms with Crippen LogP contribution in [0.4, 0.5) is 0 Å². The molecule has 3 rings (SSSR count). The highest BCUT2D eigenvalue weighted by Gasteiger charge is 2.11. The molecular formula is C20H22ClNO4. The number of pyridine rings is 1. The molecule has 1 aromatic heterocycles. The Bertz CT molecular complexity index is 995. The Kier molecular flexibility index (Phi) is 5.17. The van der Waals surface area contributed by atoms with Crippen LogP contribution in [0.5, 0.6) is 23.0 Å². The molecule has 3 aromatic rings. The molecule has 26 heavy (non-hydrogen) atoms. The number of nitrogens with zero attached hydrogens (tertiary/aromatic N) is 1. The summed E-state index contributed by atoms with van der Waals surface area (Å²) >= 11 is 0. The van der Waals surface area contributed by atoms with Gasteiger partial charge in [0, 0.05) is 18.0 Å². The van der Waals surface area contributed by atoms with Crippen molar-refractivity contribution in [2.45, 2.75) is 6.42 Å². The van der Waals surface area contributed by atoms with E-state index in [1.165, 1.54) is 7.11 Å². The molecule has 0 saturated heterocycles. The maximum atomic E-state index is 7.33. The second-order valence-corrected chi connectivity index (χ2v) is 5.45. The van der Waals surface area contributed by atoms with Crippen molar-refractivity contribution < 1.29 is 23.1 Å². The molecule has 0 aliphatic heterocycles. The maximum absolute atomic E-state index is 7.33. The number of aromatic nitrogens is 1. The van der Waals surface area contributed by atoms with Crippen molar-refractivity contribution in [1.29, 1.82) is 0 Å². The van der Waals surface area contributed by atoms with Crippen molar-refractivity contribution in [3.8, 4) is 23.0 Å². The van der Waals surface area contributed by atoms with Crippen LogP contribution in [0.25, 0.3) is 10.8 Å². The Hall–Kier alpha value is -2.66. The summed E-state index contributed by atoms with van der Waals surface area (Å²) in [6.45, 7) is 0. The standard InChI is InChI=1S/C20H21NO4.ClH/c1-22-17-6-5-13(10-18(17)23-2)9-16-15-12-20(25-4)19(24-3)11-14(15)7-8-21-16;/h5-8,10-12H,9H2,1-4H3;1H/i3D3;. The second kappa shape index (κ2) is 8.63. The van der Waals surface area contributed by atoms with Gasteiger partial charge in [-0.3, -0.25) is 4.98 Å². The van der Waals surface area contributed by atoms with E-state index in [1.54, 1.807) is 38.6 Å². The van der Waals surface area contributed by atoms with Gasteiger partial charge in [0.15, 0.2) is 23.0 Å². The van der Waals surface area contributed by atoms with E-state index in [0.717, 1.165) is 22.0 Å². The average Bonchev–Trinajstić information content (AvgIpc) is 2.66. The molecule has 0 saturated carbocycles. The van der Waals surface area contributed by atoms with Crippen LogP contribution in [-0.4, -0.2) is 33.4 Å². The molecule has 0 bridgehead atoms. The average molecular weight is 379 g/mol. The molecule has 0 unspecified atom stereocenters. The van der Waals surface area contributed by atoms with Crippen LogP contribution in [0.2, 0.25) is 0 Å². The molecule has 138 valence electrons. The Labute approximate surface area is 163 Å². The quantitative estimate of drug-likeness (QED) is 0.640. The molecule has 0 fully saturated rings. The number of benzene rings is 2. The number of hydrogen-bond donors (Lipinski definition) is 0. The van der Waals surface area contributed by atoms with Gasteiger partial charge >= 0.3 is 0 Å². The molecule has 0 spiro atoms. The summed E-state index contributed by atoms with van der Waals surface area (Å²) in [5, 5.41) is 1.66. The van der Waals surface area contributed by atoms with E-state index < -0.39 is 7.04 Å². The summed E-state index contributed by atoms with van der Waals surface area (Å²) in [5.41, 5.74) is 1.82. The van der Waals surface area contributed by atoms with Gasteiger partial charge in [-0.05, 0) is 41.3 Å². The number of hydrogen-bond acceptors (Lipinski definition) is 5. The largest absolute Gasteiger partial charge is 0.493 e. The second-order valence-electron chi connectivity index (χ2n) is 5.45. The molecule has 2 aromatic carbocycles. The van der Waals surface area contributed by atoms with E-state index in [-0.39, 0.29) is 18.2 Å². The van der Waals surface area contributed by atoms with Crippen LogP contribution in [0, 0.1) is 0 Å². The number of rotatable bonds is 6. The monoisotopic (exact) mass is 378 g/mol. The summed E-state index contributed by atoms with van der Waals surface area (Å²) in [5.74, 6) is 1.81. The number of ether oxygens (including phenoxy) is 4. The van der Waals surface area contributed by atoms with E-state index in [2.05, 4.69) is 4.98 Å². The van der Waals surface area contributed by atoms with Crippen molar-refractivity contribution >= 4 is 23.2 Å². The van der Waals surface area contributed by atoms with E-state index in [0.29, 0.717) is 23.7 Å². The predicted molar refractivity (Wildman–Crippen MR) is 104 cm³/mol. The topological polar surface area (TPSA) is 49.8 Å². The molecule has 0 aliphatic rings. The van der Waals surface area contributed by atoms with Gasteiger partial charge in [-0.15, -0.1) is 12.4 Å². The minimum Gasteiger partial charge on any atom is -0.493 e. The summed E-state index contributed by atoms with van der Waals surface area (Å²) in [6.07, 6.45) is 2.24. The van der Waals surface area contributed by atoms with Gasteiger partial charge in [-0.1, -0.05) is 6.07 Å². The van der Waals surface area contributed by atoms with Crippen LogP contribution in [-0.2, 0) is 6.42 Å². The van der Waals surface area contributed by atoms with E-state index >= 15 is 0 Å². The first kappa shape index (κ1) is 15.6. The van der Waals surface area contributed by atoms with Crippen molar-refractivity contribution in [3.63, 3.8) is 0 Å². The highest BCUT2D eigenvalue weighted by atomic mass is 35.5. The highest BCUT2D eigenvalue weighted by Crippen LogP contribution is 2.34. The number of halogens is 1. The zero-order chi connectivity index (χ0) is 20.3. The Morgan fingerprint density at radius 3 is 2.23 bits per heavy atom. The minimum atomic E-state index is -2.56. The lowest BCUT2D eigenvalue weighted by atomic mass is 10.0. The Balaban J connectivity index is 0.00000300. The first-order valence-corrected chi connectivity index (χ1v) is 7.70. The van der Waals surface area contributed by atoms with Gasteiger partial charge in [0.25, 0.3) is 0 Å². The van der Waals surface area contributed by atoms with Gasteiger partial charge < -0.3 is 18.9 Å². The molecule has 6 heteroatoms. The van der Waals surface area contributed by atoms with Crippen molar-refractivity contribution in [2.24, 2.45) is 0 Å². The third kappa shape index (κ3) is 3.78. The third-order valence-electron chi connectivity index (χ3n) is 4.06. The molecular weight excluding hydrogens is 354 g/mol. The highest BCUT2D eigenvalue weighted by molar-refractivity contribution is 5.88. The Morgan fingerprint density at radius 2 is 1.54 bits per heavy atom. The lowest BCUT2D eigenvalue weighted by Gasteiger charge is -2.12. The molecule has 0 atom stereocenters. The SMILES string of the molecule is Cl.[2H]C([2H])([2H])Oc1cc2ccnc(Cc3ccc(OC)c(OC)c3)c2cc1OC. The van der Waals surface area contributed by atoms with Gasteiger partial charge in [0.05, 0.1) is 38.2 Å². The molecule has 0 aliphatic carbocycles. The van der Waals surface area contributed by atoms with Crippen LogP contribution in [0.3, 0.4) is 0 Å². The van der Waals surface area contributed by atoms with Gasteiger partial charge in [0.1, 0.15) is 0 Å². The third-order valence-corrected chi connectivity index (χ3v) is 4.06. The summed E-state index contributed by atoms with van der Waals surface area (Å²) < 4.78 is 43.0. The summed E-state index contributed by atoms with van der Waals surface area (Å²) in [4.78, 5) is 4.50. The number of methoxy groups -OCH3 is 4. The molecule has 0 radical (unpaired) electrons. The smallest absolute Gasteiger partial charge is 0.161 e. The first-order valence-electron chi connectivity index (χ1n) is 9.20. The lowest BCUT2D eigenvalue weighted by molar-refractivity contribution is 0.354. The molecule has 1 heterocycles. The minimum absolute atomic E-state index is 0. The summed E-state index contributed by atoms with van der Waals surface area (Å²) in [7, 11) is 2.10. The first-order chi connectivity index (χ1) is 13.3. The lowest BCUT2D eigenvalue weighted by Crippen LogP contribution is -1.97. The van der Waals surface area contributed by atoms with Crippen molar-refractivity contribution in [1.82, 2.24) is 4.98 Å². The zero-order valence-corrected chi connectivity index (χ0v) is 15.6. The fraction of sp³-hybridized carbons (Fsp3) is 0.250. The normalized spacial score (nSPS) is 12.3. The fourth-order valence-corrected chi connectivity index (χ4v) is 2.80. The van der Waals surface area contributed by atoms with Gasteiger partial charge in [0.2, 0.25) is 0 Å².